The molecule has 1 saturated heterocycles. The molecule has 0 bridgehead atoms. The average molecular weight is 565 g/mol. The summed E-state index contributed by atoms with van der Waals surface area (Å²) in [7, 11) is 1.86. The normalized spacial score (nSPS) is 15.6. The number of pyridine rings is 1. The lowest BCUT2D eigenvalue weighted by Gasteiger charge is -2.34. The van der Waals surface area contributed by atoms with Gasteiger partial charge in [-0.1, -0.05) is 24.3 Å². The number of carbonyl (C=O) groups excluding carboxylic acids is 1. The quantitative estimate of drug-likeness (QED) is 0.244. The van der Waals surface area contributed by atoms with Gasteiger partial charge in [0, 0.05) is 43.2 Å². The van der Waals surface area contributed by atoms with Crippen LogP contribution < -0.4 is 4.74 Å². The van der Waals surface area contributed by atoms with Gasteiger partial charge in [-0.3, -0.25) is 9.08 Å². The number of aromatic nitrogens is 6. The fourth-order valence-corrected chi connectivity index (χ4v) is 5.30. The lowest BCUT2D eigenvalue weighted by Crippen LogP contribution is -2.44. The number of amides is 1. The minimum absolute atomic E-state index is 0.134. The van der Waals surface area contributed by atoms with E-state index in [-0.39, 0.29) is 12.0 Å². The Morgan fingerprint density at radius 2 is 1.95 bits per heavy atom. The van der Waals surface area contributed by atoms with Crippen molar-refractivity contribution in [1.82, 2.24) is 34.0 Å². The molecular formula is C31H32N8O3. The van der Waals surface area contributed by atoms with Crippen LogP contribution in [-0.4, -0.2) is 65.4 Å². The van der Waals surface area contributed by atoms with Gasteiger partial charge in [-0.25, -0.2) is 24.6 Å². The number of carbonyl (C=O) groups is 1. The van der Waals surface area contributed by atoms with Gasteiger partial charge in [-0.05, 0) is 45.2 Å². The fourth-order valence-electron chi connectivity index (χ4n) is 5.30. The van der Waals surface area contributed by atoms with Crippen LogP contribution in [0.2, 0.25) is 0 Å². The molecule has 6 rings (SSSR count). The summed E-state index contributed by atoms with van der Waals surface area (Å²) in [5.41, 5.74) is 4.67. The Kier molecular flexibility index (Phi) is 6.98. The molecular weight excluding hydrogens is 532 g/mol. The van der Waals surface area contributed by atoms with Crippen LogP contribution >= 0.6 is 0 Å². The van der Waals surface area contributed by atoms with Gasteiger partial charge in [0.1, 0.15) is 11.1 Å². The van der Waals surface area contributed by atoms with Crippen LogP contribution in [0.4, 0.5) is 10.5 Å². The zero-order valence-electron chi connectivity index (χ0n) is 24.1. The third kappa shape index (κ3) is 5.35. The van der Waals surface area contributed by atoms with E-state index in [4.69, 9.17) is 21.0 Å². The lowest BCUT2D eigenvalue weighted by molar-refractivity contribution is 0.0138. The Morgan fingerprint density at radius 3 is 2.71 bits per heavy atom. The van der Waals surface area contributed by atoms with Crippen molar-refractivity contribution in [2.24, 2.45) is 13.0 Å². The summed E-state index contributed by atoms with van der Waals surface area (Å²) in [5, 5.41) is 5.24. The number of ether oxygens (including phenoxy) is 2. The molecule has 0 unspecified atom stereocenters. The van der Waals surface area contributed by atoms with Crippen molar-refractivity contribution in [3.05, 3.63) is 66.7 Å². The molecule has 5 aromatic rings. The van der Waals surface area contributed by atoms with Crippen LogP contribution in [0.1, 0.15) is 33.6 Å². The first-order valence-corrected chi connectivity index (χ1v) is 13.9. The molecule has 0 saturated carbocycles. The van der Waals surface area contributed by atoms with Crippen molar-refractivity contribution in [1.29, 1.82) is 0 Å². The van der Waals surface area contributed by atoms with Crippen molar-refractivity contribution < 1.29 is 14.3 Å². The summed E-state index contributed by atoms with van der Waals surface area (Å²) in [5.74, 6) is 0.583. The Morgan fingerprint density at radius 1 is 1.14 bits per heavy atom. The Bertz CT molecular complexity index is 1810. The molecule has 1 aliphatic rings. The van der Waals surface area contributed by atoms with Crippen LogP contribution in [0, 0.1) is 12.5 Å². The molecule has 11 heteroatoms. The maximum Gasteiger partial charge on any atom is 0.410 e. The van der Waals surface area contributed by atoms with Crippen LogP contribution in [0.5, 0.6) is 5.88 Å². The highest BCUT2D eigenvalue weighted by Gasteiger charge is 2.28. The molecule has 1 aromatic carbocycles. The summed E-state index contributed by atoms with van der Waals surface area (Å²) in [4.78, 5) is 32.1. The van der Waals surface area contributed by atoms with Crippen LogP contribution in [0.15, 0.2) is 55.2 Å². The van der Waals surface area contributed by atoms with Gasteiger partial charge in [0.05, 0.1) is 43.3 Å². The number of aryl methyl sites for hydroxylation is 1. The molecule has 42 heavy (non-hydrogen) atoms. The molecule has 1 aliphatic heterocycles. The van der Waals surface area contributed by atoms with Gasteiger partial charge in [-0.15, -0.1) is 0 Å². The van der Waals surface area contributed by atoms with E-state index >= 15 is 0 Å². The van der Waals surface area contributed by atoms with E-state index in [1.54, 1.807) is 40.4 Å². The molecule has 11 nitrogen and oxygen atoms in total. The molecule has 0 aliphatic carbocycles. The highest BCUT2D eigenvalue weighted by Crippen LogP contribution is 2.36. The lowest BCUT2D eigenvalue weighted by atomic mass is 9.99. The second kappa shape index (κ2) is 10.8. The molecule has 1 fully saturated rings. The zero-order chi connectivity index (χ0) is 29.4. The monoisotopic (exact) mass is 564 g/mol. The van der Waals surface area contributed by atoms with E-state index in [0.717, 1.165) is 46.2 Å². The topological polar surface area (TPSA) is 104 Å². The van der Waals surface area contributed by atoms with E-state index < -0.39 is 5.60 Å². The van der Waals surface area contributed by atoms with Gasteiger partial charge in [0.15, 0.2) is 11.3 Å². The van der Waals surface area contributed by atoms with Gasteiger partial charge in [0.2, 0.25) is 5.88 Å². The summed E-state index contributed by atoms with van der Waals surface area (Å²) in [6.07, 6.45) is 8.61. The highest BCUT2D eigenvalue weighted by molar-refractivity contribution is 5.87. The number of piperidine rings is 1. The SMILES string of the molecule is [C-]#[N+]c1ccc(-c2nc(OC[C@@H]3CCCN(C(=O)OC(C)(C)C)C3)c3cncn3c2-c2cnc3c(cnn3C)c2)cc1. The van der Waals surface area contributed by atoms with Crippen LogP contribution in [0.3, 0.4) is 0 Å². The smallest absolute Gasteiger partial charge is 0.410 e. The van der Waals surface area contributed by atoms with E-state index in [1.165, 1.54) is 0 Å². The number of nitrogens with zero attached hydrogens (tertiary/aromatic N) is 8. The Labute approximate surface area is 243 Å². The molecule has 1 amide bonds. The summed E-state index contributed by atoms with van der Waals surface area (Å²) < 4.78 is 15.7. The molecule has 4 aromatic heterocycles. The van der Waals surface area contributed by atoms with Crippen LogP contribution in [0.25, 0.3) is 43.9 Å². The predicted octanol–water partition coefficient (Wildman–Crippen LogP) is 5.92. The van der Waals surface area contributed by atoms with Gasteiger partial charge < -0.3 is 14.4 Å². The Balaban J connectivity index is 1.36. The second-order valence-corrected chi connectivity index (χ2v) is 11.6. The second-order valence-electron chi connectivity index (χ2n) is 11.6. The van der Waals surface area contributed by atoms with E-state index in [2.05, 4.69) is 19.9 Å². The first kappa shape index (κ1) is 27.2. The number of rotatable bonds is 5. The van der Waals surface area contributed by atoms with Gasteiger partial charge in [-0.2, -0.15) is 5.10 Å². The molecule has 0 spiro atoms. The van der Waals surface area contributed by atoms with Crippen molar-refractivity contribution in [2.75, 3.05) is 19.7 Å². The molecule has 5 heterocycles. The summed E-state index contributed by atoms with van der Waals surface area (Å²) >= 11 is 0. The number of hydrogen-bond donors (Lipinski definition) is 0. The van der Waals surface area contributed by atoms with E-state index in [0.29, 0.717) is 37.0 Å². The molecule has 0 radical (unpaired) electrons. The minimum atomic E-state index is -0.541. The molecule has 0 N–H and O–H groups in total. The Hall–Kier alpha value is -4.98. The minimum Gasteiger partial charge on any atom is -0.476 e. The van der Waals surface area contributed by atoms with Gasteiger partial charge >= 0.3 is 6.09 Å². The van der Waals surface area contributed by atoms with Crippen molar-refractivity contribution in [3.63, 3.8) is 0 Å². The highest BCUT2D eigenvalue weighted by atomic mass is 16.6. The zero-order valence-corrected chi connectivity index (χ0v) is 24.1. The fraction of sp³-hybridized carbons (Fsp3) is 0.355. The third-order valence-corrected chi connectivity index (χ3v) is 7.28. The maximum atomic E-state index is 12.7. The van der Waals surface area contributed by atoms with Crippen molar-refractivity contribution in [2.45, 2.75) is 39.2 Å². The number of imidazole rings is 1. The first-order chi connectivity index (χ1) is 20.2. The van der Waals surface area contributed by atoms with E-state index in [9.17, 15) is 4.79 Å². The molecule has 214 valence electrons. The van der Waals surface area contributed by atoms with Gasteiger partial charge in [0.25, 0.3) is 0 Å². The number of likely N-dealkylation sites (tertiary alicyclic amines) is 1. The maximum absolute atomic E-state index is 12.7. The first-order valence-electron chi connectivity index (χ1n) is 13.9. The largest absolute Gasteiger partial charge is 0.476 e. The number of fused-ring (bicyclic) bond motifs is 2. The van der Waals surface area contributed by atoms with Crippen molar-refractivity contribution in [3.8, 4) is 28.4 Å². The predicted molar refractivity (Wildman–Crippen MR) is 158 cm³/mol. The average Bonchev–Trinajstić information content (AvgIpc) is 3.62. The third-order valence-electron chi connectivity index (χ3n) is 7.28. The molecule has 1 atom stereocenters. The number of benzene rings is 1. The summed E-state index contributed by atoms with van der Waals surface area (Å²) in [6, 6.07) is 9.38. The van der Waals surface area contributed by atoms with Crippen LogP contribution in [-0.2, 0) is 11.8 Å². The standard InChI is InChI=1S/C31H32N8O3/c1-31(2,3)42-30(40)38-12-6-7-20(17-38)18-41-29-25-16-33-19-39(25)27(22-13-23-15-35-37(5)28(23)34-14-22)26(36-29)21-8-10-24(32-4)11-9-21/h8-11,13-16,19-20H,6-7,12,17-18H2,1-3,5H3/t20-/m1/s1. The number of hydrogen-bond acceptors (Lipinski definition) is 7. The van der Waals surface area contributed by atoms with E-state index in [1.807, 2.05) is 56.6 Å². The summed E-state index contributed by atoms with van der Waals surface area (Å²) in [6.45, 7) is 14.6. The van der Waals surface area contributed by atoms with Crippen molar-refractivity contribution >= 4 is 28.3 Å².